The van der Waals surface area contributed by atoms with Crippen LogP contribution in [0.5, 0.6) is 0 Å². The van der Waals surface area contributed by atoms with Gasteiger partial charge in [0.25, 0.3) is 0 Å². The van der Waals surface area contributed by atoms with E-state index >= 15 is 0 Å². The van der Waals surface area contributed by atoms with Crippen molar-refractivity contribution in [3.8, 4) is 0 Å². The molecule has 11 heavy (non-hydrogen) atoms. The third-order valence-electron chi connectivity index (χ3n) is 1.11. The molecule has 1 aromatic rings. The number of rotatable bonds is 1. The SMILES string of the molecule is Cc1cccc(C(=O)O)n1.O. The van der Waals surface area contributed by atoms with Gasteiger partial charge >= 0.3 is 5.97 Å². The lowest BCUT2D eigenvalue weighted by molar-refractivity contribution is 0.0690. The van der Waals surface area contributed by atoms with Gasteiger partial charge in [-0.15, -0.1) is 0 Å². The van der Waals surface area contributed by atoms with E-state index in [-0.39, 0.29) is 11.2 Å². The molecule has 0 atom stereocenters. The van der Waals surface area contributed by atoms with Gasteiger partial charge in [0.2, 0.25) is 0 Å². The zero-order valence-corrected chi connectivity index (χ0v) is 6.03. The van der Waals surface area contributed by atoms with Gasteiger partial charge in [-0.05, 0) is 19.1 Å². The molecule has 1 aromatic heterocycles. The van der Waals surface area contributed by atoms with Gasteiger partial charge in [-0.1, -0.05) is 6.07 Å². The van der Waals surface area contributed by atoms with E-state index in [0.717, 1.165) is 5.69 Å². The number of aromatic carboxylic acids is 1. The molecule has 0 saturated heterocycles. The lowest BCUT2D eigenvalue weighted by atomic mass is 10.3. The summed E-state index contributed by atoms with van der Waals surface area (Å²) in [7, 11) is 0. The zero-order chi connectivity index (χ0) is 7.56. The molecule has 0 aliphatic carbocycles. The third kappa shape index (κ3) is 2.35. The maximum Gasteiger partial charge on any atom is 0.354 e. The van der Waals surface area contributed by atoms with Crippen molar-refractivity contribution >= 4 is 5.97 Å². The summed E-state index contributed by atoms with van der Waals surface area (Å²) in [5.74, 6) is -0.983. The molecule has 0 spiro atoms. The Bertz CT molecular complexity index is 260. The third-order valence-corrected chi connectivity index (χ3v) is 1.11. The lowest BCUT2D eigenvalue weighted by Gasteiger charge is -1.92. The number of carbonyl (C=O) groups is 1. The number of pyridine rings is 1. The summed E-state index contributed by atoms with van der Waals surface area (Å²) >= 11 is 0. The first-order valence-corrected chi connectivity index (χ1v) is 2.87. The zero-order valence-electron chi connectivity index (χ0n) is 6.03. The maximum atomic E-state index is 10.3. The number of carboxylic acid groups (broad SMARTS) is 1. The van der Waals surface area contributed by atoms with E-state index in [2.05, 4.69) is 4.98 Å². The van der Waals surface area contributed by atoms with Crippen LogP contribution in [0.4, 0.5) is 0 Å². The van der Waals surface area contributed by atoms with Gasteiger partial charge in [0, 0.05) is 5.69 Å². The molecule has 0 fully saturated rings. The fourth-order valence-corrected chi connectivity index (χ4v) is 0.662. The molecule has 0 unspecified atom stereocenters. The van der Waals surface area contributed by atoms with E-state index in [0.29, 0.717) is 0 Å². The first kappa shape index (κ1) is 9.58. The van der Waals surface area contributed by atoms with Crippen LogP contribution in [-0.4, -0.2) is 21.5 Å². The van der Waals surface area contributed by atoms with Gasteiger partial charge in [0.1, 0.15) is 5.69 Å². The van der Waals surface area contributed by atoms with Crippen molar-refractivity contribution in [2.75, 3.05) is 0 Å². The van der Waals surface area contributed by atoms with Crippen LogP contribution < -0.4 is 0 Å². The molecular weight excluding hydrogens is 146 g/mol. The summed E-state index contributed by atoms with van der Waals surface area (Å²) in [6.45, 7) is 1.76. The van der Waals surface area contributed by atoms with Crippen LogP contribution in [-0.2, 0) is 0 Å². The first-order chi connectivity index (χ1) is 4.70. The predicted molar refractivity (Wildman–Crippen MR) is 39.5 cm³/mol. The normalized spacial score (nSPS) is 8.45. The standard InChI is InChI=1S/C7H7NO2.H2O/c1-5-3-2-4-6(8-5)7(9)10;/h2-4H,1H3,(H,9,10);1H2. The summed E-state index contributed by atoms with van der Waals surface area (Å²) in [5, 5.41) is 8.45. The van der Waals surface area contributed by atoms with E-state index < -0.39 is 5.97 Å². The van der Waals surface area contributed by atoms with Crippen molar-refractivity contribution in [1.29, 1.82) is 0 Å². The molecular formula is C7H9NO3. The van der Waals surface area contributed by atoms with Crippen molar-refractivity contribution < 1.29 is 15.4 Å². The Hall–Kier alpha value is -1.42. The first-order valence-electron chi connectivity index (χ1n) is 2.87. The van der Waals surface area contributed by atoms with Crippen molar-refractivity contribution in [1.82, 2.24) is 4.98 Å². The van der Waals surface area contributed by atoms with Gasteiger partial charge in [-0.25, -0.2) is 9.78 Å². The minimum absolute atomic E-state index is 0. The number of hydrogen-bond donors (Lipinski definition) is 1. The van der Waals surface area contributed by atoms with Crippen molar-refractivity contribution in [2.45, 2.75) is 6.92 Å². The second-order valence-corrected chi connectivity index (χ2v) is 1.97. The van der Waals surface area contributed by atoms with Crippen LogP contribution in [0.25, 0.3) is 0 Å². The quantitative estimate of drug-likeness (QED) is 0.631. The van der Waals surface area contributed by atoms with Crippen molar-refractivity contribution in [3.05, 3.63) is 29.6 Å². The largest absolute Gasteiger partial charge is 0.477 e. The van der Waals surface area contributed by atoms with Crippen LogP contribution >= 0.6 is 0 Å². The maximum absolute atomic E-state index is 10.3. The number of nitrogens with zero attached hydrogens (tertiary/aromatic N) is 1. The highest BCUT2D eigenvalue weighted by molar-refractivity contribution is 5.85. The summed E-state index contributed by atoms with van der Waals surface area (Å²) in [6, 6.07) is 4.90. The Morgan fingerprint density at radius 3 is 2.55 bits per heavy atom. The smallest absolute Gasteiger partial charge is 0.354 e. The highest BCUT2D eigenvalue weighted by Crippen LogP contribution is 1.96. The summed E-state index contributed by atoms with van der Waals surface area (Å²) in [5.41, 5.74) is 0.819. The molecule has 3 N–H and O–H groups in total. The molecule has 4 nitrogen and oxygen atoms in total. The molecule has 0 aliphatic heterocycles. The average Bonchev–Trinajstić information content (AvgIpc) is 1.88. The average molecular weight is 155 g/mol. The van der Waals surface area contributed by atoms with E-state index in [1.807, 2.05) is 0 Å². The molecule has 4 heteroatoms. The number of hydrogen-bond acceptors (Lipinski definition) is 2. The minimum Gasteiger partial charge on any atom is -0.477 e. The Balaban J connectivity index is 0.000001000. The number of aryl methyl sites for hydroxylation is 1. The highest BCUT2D eigenvalue weighted by Gasteiger charge is 2.01. The molecule has 1 heterocycles. The van der Waals surface area contributed by atoms with E-state index in [1.165, 1.54) is 6.07 Å². The highest BCUT2D eigenvalue weighted by atomic mass is 16.4. The fourth-order valence-electron chi connectivity index (χ4n) is 0.662. The Kier molecular flexibility index (Phi) is 3.20. The molecule has 0 aromatic carbocycles. The topological polar surface area (TPSA) is 81.7 Å². The molecule has 0 bridgehead atoms. The number of carboxylic acids is 1. The number of aromatic nitrogens is 1. The van der Waals surface area contributed by atoms with E-state index in [4.69, 9.17) is 5.11 Å². The molecule has 0 aliphatic rings. The van der Waals surface area contributed by atoms with Gasteiger partial charge < -0.3 is 10.6 Å². The molecule has 0 radical (unpaired) electrons. The van der Waals surface area contributed by atoms with Gasteiger partial charge in [-0.3, -0.25) is 0 Å². The second-order valence-electron chi connectivity index (χ2n) is 1.97. The van der Waals surface area contributed by atoms with Gasteiger partial charge in [-0.2, -0.15) is 0 Å². The summed E-state index contributed by atoms with van der Waals surface area (Å²) in [4.78, 5) is 14.1. The van der Waals surface area contributed by atoms with E-state index in [1.54, 1.807) is 19.1 Å². The minimum atomic E-state index is -0.983. The van der Waals surface area contributed by atoms with E-state index in [9.17, 15) is 4.79 Å². The van der Waals surface area contributed by atoms with Crippen molar-refractivity contribution in [2.24, 2.45) is 0 Å². The summed E-state index contributed by atoms with van der Waals surface area (Å²) in [6.07, 6.45) is 0. The second kappa shape index (κ2) is 3.68. The summed E-state index contributed by atoms with van der Waals surface area (Å²) < 4.78 is 0. The molecule has 0 saturated carbocycles. The Morgan fingerprint density at radius 1 is 1.55 bits per heavy atom. The van der Waals surface area contributed by atoms with Gasteiger partial charge in [0.05, 0.1) is 0 Å². The van der Waals surface area contributed by atoms with Crippen LogP contribution in [0.3, 0.4) is 0 Å². The van der Waals surface area contributed by atoms with Crippen LogP contribution in [0, 0.1) is 6.92 Å². The van der Waals surface area contributed by atoms with Crippen LogP contribution in [0.15, 0.2) is 18.2 Å². The van der Waals surface area contributed by atoms with Crippen molar-refractivity contribution in [3.63, 3.8) is 0 Å². The molecule has 1 rings (SSSR count). The van der Waals surface area contributed by atoms with Crippen LogP contribution in [0.1, 0.15) is 16.2 Å². The fraction of sp³-hybridized carbons (Fsp3) is 0.143. The molecule has 0 amide bonds. The van der Waals surface area contributed by atoms with Crippen LogP contribution in [0.2, 0.25) is 0 Å². The van der Waals surface area contributed by atoms with Gasteiger partial charge in [0.15, 0.2) is 0 Å². The Labute approximate surface area is 63.8 Å². The predicted octanol–water partition coefficient (Wildman–Crippen LogP) is 0.264. The molecule has 60 valence electrons. The lowest BCUT2D eigenvalue weighted by Crippen LogP contribution is -1.99. The Morgan fingerprint density at radius 2 is 2.18 bits per heavy atom. The monoisotopic (exact) mass is 155 g/mol.